The summed E-state index contributed by atoms with van der Waals surface area (Å²) in [4.78, 5) is 14.3. The van der Waals surface area contributed by atoms with Crippen LogP contribution in [0.5, 0.6) is 0 Å². The van der Waals surface area contributed by atoms with E-state index in [4.69, 9.17) is 15.9 Å². The third-order valence-electron chi connectivity index (χ3n) is 1.83. The van der Waals surface area contributed by atoms with Gasteiger partial charge in [0, 0.05) is 12.2 Å². The van der Waals surface area contributed by atoms with E-state index >= 15 is 0 Å². The average Bonchev–Trinajstić information content (AvgIpc) is 2.17. The van der Waals surface area contributed by atoms with Gasteiger partial charge in [0.25, 0.3) is 0 Å². The zero-order valence-electron chi connectivity index (χ0n) is 7.55. The van der Waals surface area contributed by atoms with E-state index in [1.54, 1.807) is 12.1 Å². The van der Waals surface area contributed by atoms with Crippen LogP contribution in [0.3, 0.4) is 0 Å². The first-order valence-corrected chi connectivity index (χ1v) is 4.16. The highest BCUT2D eigenvalue weighted by atomic mass is 16.4. The maximum Gasteiger partial charge on any atom is 0.305 e. The molecule has 1 aromatic rings. The molecule has 0 spiro atoms. The molecule has 76 valence electrons. The number of hydrogen-bond acceptors (Lipinski definition) is 4. The van der Waals surface area contributed by atoms with Crippen molar-refractivity contribution in [1.29, 1.82) is 0 Å². The number of rotatable bonds is 4. The van der Waals surface area contributed by atoms with E-state index in [1.807, 2.05) is 0 Å². The van der Waals surface area contributed by atoms with Gasteiger partial charge in [-0.25, -0.2) is 0 Å². The van der Waals surface area contributed by atoms with Crippen LogP contribution in [0.2, 0.25) is 0 Å². The molecule has 0 radical (unpaired) electrons. The summed E-state index contributed by atoms with van der Waals surface area (Å²) in [5, 5.41) is 17.3. The molecule has 0 saturated carbocycles. The summed E-state index contributed by atoms with van der Waals surface area (Å²) >= 11 is 0. The zero-order chi connectivity index (χ0) is 10.6. The van der Waals surface area contributed by atoms with E-state index in [0.29, 0.717) is 11.3 Å². The van der Waals surface area contributed by atoms with Gasteiger partial charge in [-0.05, 0) is 17.7 Å². The number of aliphatic carboxylic acids is 1. The second-order valence-electron chi connectivity index (χ2n) is 2.94. The number of aromatic nitrogens is 1. The van der Waals surface area contributed by atoms with E-state index in [9.17, 15) is 4.79 Å². The Morgan fingerprint density at radius 3 is 2.93 bits per heavy atom. The largest absolute Gasteiger partial charge is 0.481 e. The van der Waals surface area contributed by atoms with Gasteiger partial charge < -0.3 is 15.9 Å². The SMILES string of the molecule is NC(CC(=O)O)c1ccnc(CO)c1. The van der Waals surface area contributed by atoms with Crippen molar-refractivity contribution < 1.29 is 15.0 Å². The van der Waals surface area contributed by atoms with Gasteiger partial charge >= 0.3 is 5.97 Å². The molecule has 1 unspecified atom stereocenters. The molecule has 0 amide bonds. The van der Waals surface area contributed by atoms with Gasteiger partial charge in [-0.15, -0.1) is 0 Å². The Labute approximate surface area is 81.2 Å². The van der Waals surface area contributed by atoms with Crippen LogP contribution in [0.25, 0.3) is 0 Å². The highest BCUT2D eigenvalue weighted by molar-refractivity contribution is 5.67. The lowest BCUT2D eigenvalue weighted by Crippen LogP contribution is -2.15. The van der Waals surface area contributed by atoms with E-state index in [2.05, 4.69) is 4.98 Å². The van der Waals surface area contributed by atoms with Gasteiger partial charge in [-0.2, -0.15) is 0 Å². The van der Waals surface area contributed by atoms with E-state index in [-0.39, 0.29) is 13.0 Å². The summed E-state index contributed by atoms with van der Waals surface area (Å²) in [5.74, 6) is -0.945. The number of carbonyl (C=O) groups is 1. The van der Waals surface area contributed by atoms with Crippen molar-refractivity contribution in [3.8, 4) is 0 Å². The fourth-order valence-corrected chi connectivity index (χ4v) is 1.12. The Kier molecular flexibility index (Phi) is 3.55. The predicted molar refractivity (Wildman–Crippen MR) is 49.3 cm³/mol. The lowest BCUT2D eigenvalue weighted by atomic mass is 10.1. The molecule has 0 aliphatic carbocycles. The smallest absolute Gasteiger partial charge is 0.305 e. The van der Waals surface area contributed by atoms with Crippen LogP contribution in [0.15, 0.2) is 18.3 Å². The van der Waals surface area contributed by atoms with Crippen LogP contribution in [0.1, 0.15) is 23.7 Å². The summed E-state index contributed by atoms with van der Waals surface area (Å²) in [7, 11) is 0. The maximum atomic E-state index is 10.4. The predicted octanol–water partition coefficient (Wildman–Crippen LogP) is 0.0484. The third kappa shape index (κ3) is 2.79. The molecule has 0 aliphatic heterocycles. The first-order chi connectivity index (χ1) is 6.63. The minimum Gasteiger partial charge on any atom is -0.481 e. The number of aliphatic hydroxyl groups is 1. The number of carboxylic acid groups (broad SMARTS) is 1. The molecule has 1 heterocycles. The molecule has 1 aromatic heterocycles. The fraction of sp³-hybridized carbons (Fsp3) is 0.333. The number of pyridine rings is 1. The second-order valence-corrected chi connectivity index (χ2v) is 2.94. The van der Waals surface area contributed by atoms with Gasteiger partial charge in [-0.3, -0.25) is 9.78 Å². The minimum absolute atomic E-state index is 0.130. The van der Waals surface area contributed by atoms with Gasteiger partial charge in [0.05, 0.1) is 18.7 Å². The summed E-state index contributed by atoms with van der Waals surface area (Å²) in [5.41, 5.74) is 6.79. The molecule has 5 nitrogen and oxygen atoms in total. The van der Waals surface area contributed by atoms with Crippen molar-refractivity contribution in [2.75, 3.05) is 0 Å². The summed E-state index contributed by atoms with van der Waals surface area (Å²) < 4.78 is 0. The fourth-order valence-electron chi connectivity index (χ4n) is 1.12. The van der Waals surface area contributed by atoms with Crippen LogP contribution in [-0.4, -0.2) is 21.2 Å². The van der Waals surface area contributed by atoms with Crippen LogP contribution in [-0.2, 0) is 11.4 Å². The van der Waals surface area contributed by atoms with Crippen molar-refractivity contribution in [3.63, 3.8) is 0 Å². The molecule has 0 aromatic carbocycles. The van der Waals surface area contributed by atoms with Gasteiger partial charge in [0.1, 0.15) is 0 Å². The Morgan fingerprint density at radius 2 is 2.36 bits per heavy atom. The van der Waals surface area contributed by atoms with Gasteiger partial charge in [0.15, 0.2) is 0 Å². The molecule has 0 saturated heterocycles. The van der Waals surface area contributed by atoms with Crippen LogP contribution < -0.4 is 5.73 Å². The number of nitrogens with zero attached hydrogens (tertiary/aromatic N) is 1. The minimum atomic E-state index is -0.945. The number of aliphatic hydroxyl groups excluding tert-OH is 1. The van der Waals surface area contributed by atoms with Crippen molar-refractivity contribution in [2.45, 2.75) is 19.1 Å². The summed E-state index contributed by atoms with van der Waals surface area (Å²) in [6.45, 7) is -0.173. The monoisotopic (exact) mass is 196 g/mol. The number of carboxylic acids is 1. The van der Waals surface area contributed by atoms with E-state index in [1.165, 1.54) is 6.20 Å². The van der Waals surface area contributed by atoms with Crippen molar-refractivity contribution in [3.05, 3.63) is 29.6 Å². The van der Waals surface area contributed by atoms with Crippen molar-refractivity contribution in [1.82, 2.24) is 4.98 Å². The Morgan fingerprint density at radius 1 is 1.64 bits per heavy atom. The Balaban J connectivity index is 2.78. The van der Waals surface area contributed by atoms with Crippen molar-refractivity contribution in [2.24, 2.45) is 5.73 Å². The van der Waals surface area contributed by atoms with Crippen LogP contribution in [0.4, 0.5) is 0 Å². The number of nitrogens with two attached hydrogens (primary N) is 1. The molecule has 0 bridgehead atoms. The molecular weight excluding hydrogens is 184 g/mol. The van der Waals surface area contributed by atoms with Crippen LogP contribution in [0, 0.1) is 0 Å². The molecular formula is C9H12N2O3. The standard InChI is InChI=1S/C9H12N2O3/c10-8(4-9(13)14)6-1-2-11-7(3-6)5-12/h1-3,8,12H,4-5,10H2,(H,13,14). The first-order valence-electron chi connectivity index (χ1n) is 4.16. The summed E-state index contributed by atoms with van der Waals surface area (Å²) in [6.07, 6.45) is 1.37. The lowest BCUT2D eigenvalue weighted by Gasteiger charge is -2.09. The second kappa shape index (κ2) is 4.69. The average molecular weight is 196 g/mol. The third-order valence-corrected chi connectivity index (χ3v) is 1.83. The maximum absolute atomic E-state index is 10.4. The molecule has 0 aliphatic rings. The molecule has 0 fully saturated rings. The topological polar surface area (TPSA) is 96.4 Å². The lowest BCUT2D eigenvalue weighted by molar-refractivity contribution is -0.137. The van der Waals surface area contributed by atoms with Gasteiger partial charge in [-0.1, -0.05) is 0 Å². The van der Waals surface area contributed by atoms with Crippen LogP contribution >= 0.6 is 0 Å². The number of hydrogen-bond donors (Lipinski definition) is 3. The first kappa shape index (κ1) is 10.6. The van der Waals surface area contributed by atoms with E-state index < -0.39 is 12.0 Å². The highest BCUT2D eigenvalue weighted by Gasteiger charge is 2.10. The zero-order valence-corrected chi connectivity index (χ0v) is 7.55. The molecule has 14 heavy (non-hydrogen) atoms. The normalized spacial score (nSPS) is 12.4. The van der Waals surface area contributed by atoms with E-state index in [0.717, 1.165) is 0 Å². The summed E-state index contributed by atoms with van der Waals surface area (Å²) in [6, 6.07) is 2.70. The molecule has 5 heteroatoms. The Bertz CT molecular complexity index is 328. The molecule has 4 N–H and O–H groups in total. The Hall–Kier alpha value is -1.46. The molecule has 1 atom stereocenters. The molecule has 1 rings (SSSR count). The van der Waals surface area contributed by atoms with Gasteiger partial charge in [0.2, 0.25) is 0 Å². The van der Waals surface area contributed by atoms with Crippen molar-refractivity contribution >= 4 is 5.97 Å². The quantitative estimate of drug-likeness (QED) is 0.632. The highest BCUT2D eigenvalue weighted by Crippen LogP contribution is 2.13.